The van der Waals surface area contributed by atoms with Crippen LogP contribution in [0.4, 0.5) is 5.13 Å². The van der Waals surface area contributed by atoms with Crippen molar-refractivity contribution in [3.63, 3.8) is 0 Å². The van der Waals surface area contributed by atoms with Gasteiger partial charge in [0.2, 0.25) is 17.7 Å². The van der Waals surface area contributed by atoms with E-state index >= 15 is 0 Å². The van der Waals surface area contributed by atoms with Crippen LogP contribution in [0.2, 0.25) is 5.02 Å². The van der Waals surface area contributed by atoms with Crippen molar-refractivity contribution in [1.29, 1.82) is 0 Å². The Morgan fingerprint density at radius 1 is 1.21 bits per heavy atom. The molecule has 2 heterocycles. The molecule has 1 aliphatic heterocycles. The molecule has 0 unspecified atom stereocenters. The largest absolute Gasteiger partial charge is 0.300 e. The highest BCUT2D eigenvalue weighted by molar-refractivity contribution is 7.14. The Balaban J connectivity index is 1.48. The van der Waals surface area contributed by atoms with Crippen LogP contribution in [0.5, 0.6) is 0 Å². The van der Waals surface area contributed by atoms with Crippen molar-refractivity contribution in [3.05, 3.63) is 46.8 Å². The summed E-state index contributed by atoms with van der Waals surface area (Å²) in [5, 5.41) is 5.48. The van der Waals surface area contributed by atoms with Gasteiger partial charge in [0.15, 0.2) is 5.13 Å². The molecular weight excluding hydrogens is 398 g/mol. The van der Waals surface area contributed by atoms with E-state index in [4.69, 9.17) is 11.6 Å². The molecule has 1 N–H and O–H groups in total. The van der Waals surface area contributed by atoms with Gasteiger partial charge in [0.25, 0.3) is 0 Å². The second kappa shape index (κ2) is 7.48. The quantitative estimate of drug-likeness (QED) is 0.609. The van der Waals surface area contributed by atoms with E-state index < -0.39 is 11.9 Å². The molecule has 0 spiro atoms. The van der Waals surface area contributed by atoms with Crippen LogP contribution in [-0.4, -0.2) is 33.6 Å². The van der Waals surface area contributed by atoms with Crippen LogP contribution in [-0.2, 0) is 14.4 Å². The normalized spacial score (nSPS) is 22.3. The lowest BCUT2D eigenvalue weighted by atomic mass is 9.85. The highest BCUT2D eigenvalue weighted by Gasteiger charge is 2.50. The van der Waals surface area contributed by atoms with Gasteiger partial charge in [-0.2, -0.15) is 0 Å². The molecule has 3 atom stereocenters. The Hall–Kier alpha value is -2.51. The number of fused-ring (bicyclic) bond motifs is 1. The van der Waals surface area contributed by atoms with E-state index in [-0.39, 0.29) is 23.7 Å². The molecule has 1 saturated heterocycles. The lowest BCUT2D eigenvalue weighted by molar-refractivity contribution is -0.146. The second-order valence-corrected chi connectivity index (χ2v) is 8.15. The topological polar surface area (TPSA) is 79.4 Å². The number of carbonyl (C=O) groups excluding carboxylic acids is 3. The molecule has 6 nitrogen and oxygen atoms in total. The van der Waals surface area contributed by atoms with Crippen LogP contribution >= 0.6 is 22.9 Å². The van der Waals surface area contributed by atoms with E-state index in [9.17, 15) is 14.4 Å². The third-order valence-electron chi connectivity index (χ3n) is 5.19. The van der Waals surface area contributed by atoms with E-state index in [0.29, 0.717) is 28.7 Å². The first-order valence-corrected chi connectivity index (χ1v) is 10.3. The summed E-state index contributed by atoms with van der Waals surface area (Å²) in [7, 11) is 0. The van der Waals surface area contributed by atoms with Gasteiger partial charge in [0.1, 0.15) is 6.04 Å². The lowest BCUT2D eigenvalue weighted by Crippen LogP contribution is -2.46. The standard InChI is InChI=1S/C20H18ClN3O3S/c1-11(24-18(26)12-6-2-3-7-13(12)19(24)27)17(25)23-20-22-16(10-28-20)14-8-4-5-9-15(14)21/h2-5,8-13H,6-7H2,1H3,(H,22,23,25)/t11-,12+,13+/m0/s1. The van der Waals surface area contributed by atoms with Gasteiger partial charge in [0.05, 0.1) is 17.5 Å². The number of likely N-dealkylation sites (tertiary alicyclic amines) is 1. The number of allylic oxidation sites excluding steroid dienone is 2. The highest BCUT2D eigenvalue weighted by atomic mass is 35.5. The molecule has 0 saturated carbocycles. The predicted octanol–water partition coefficient (Wildman–Crippen LogP) is 3.74. The molecule has 1 aliphatic carbocycles. The van der Waals surface area contributed by atoms with Crippen LogP contribution in [0.1, 0.15) is 19.8 Å². The van der Waals surface area contributed by atoms with E-state index in [2.05, 4.69) is 10.3 Å². The number of imide groups is 1. The number of hydrogen-bond donors (Lipinski definition) is 1. The van der Waals surface area contributed by atoms with Crippen LogP contribution < -0.4 is 5.32 Å². The summed E-state index contributed by atoms with van der Waals surface area (Å²) < 4.78 is 0. The van der Waals surface area contributed by atoms with Gasteiger partial charge in [-0.15, -0.1) is 11.3 Å². The lowest BCUT2D eigenvalue weighted by Gasteiger charge is -2.21. The molecule has 1 aromatic carbocycles. The summed E-state index contributed by atoms with van der Waals surface area (Å²) in [4.78, 5) is 43.5. The van der Waals surface area contributed by atoms with Crippen molar-refractivity contribution in [2.75, 3.05) is 5.32 Å². The van der Waals surface area contributed by atoms with Crippen molar-refractivity contribution in [2.24, 2.45) is 11.8 Å². The maximum atomic E-state index is 12.7. The number of thiazole rings is 1. The summed E-state index contributed by atoms with van der Waals surface area (Å²) >= 11 is 7.46. The number of rotatable bonds is 4. The number of nitrogens with zero attached hydrogens (tertiary/aromatic N) is 2. The van der Waals surface area contributed by atoms with Crippen molar-refractivity contribution in [1.82, 2.24) is 9.88 Å². The summed E-state index contributed by atoms with van der Waals surface area (Å²) in [6.45, 7) is 1.57. The molecular formula is C20H18ClN3O3S. The molecule has 0 bridgehead atoms. The molecule has 1 aromatic heterocycles. The fraction of sp³-hybridized carbons (Fsp3) is 0.300. The number of nitrogens with one attached hydrogen (secondary N) is 1. The van der Waals surface area contributed by atoms with Crippen molar-refractivity contribution in [3.8, 4) is 11.3 Å². The Bertz CT molecular complexity index is 961. The van der Waals surface area contributed by atoms with Gasteiger partial charge in [-0.1, -0.05) is 42.0 Å². The van der Waals surface area contributed by atoms with Gasteiger partial charge < -0.3 is 5.32 Å². The molecule has 2 aliphatic rings. The van der Waals surface area contributed by atoms with E-state index in [1.54, 1.807) is 18.4 Å². The van der Waals surface area contributed by atoms with E-state index in [0.717, 1.165) is 10.5 Å². The Morgan fingerprint density at radius 3 is 2.50 bits per heavy atom. The van der Waals surface area contributed by atoms with Crippen LogP contribution in [0, 0.1) is 11.8 Å². The molecule has 144 valence electrons. The van der Waals surface area contributed by atoms with Crippen molar-refractivity contribution in [2.45, 2.75) is 25.8 Å². The highest BCUT2D eigenvalue weighted by Crippen LogP contribution is 2.36. The van der Waals surface area contributed by atoms with Gasteiger partial charge >= 0.3 is 0 Å². The zero-order valence-corrected chi connectivity index (χ0v) is 16.7. The second-order valence-electron chi connectivity index (χ2n) is 6.89. The first kappa shape index (κ1) is 18.8. The molecule has 4 rings (SSSR count). The third-order valence-corrected chi connectivity index (χ3v) is 6.28. The molecule has 8 heteroatoms. The Morgan fingerprint density at radius 2 is 1.86 bits per heavy atom. The van der Waals surface area contributed by atoms with Crippen molar-refractivity contribution >= 4 is 45.8 Å². The van der Waals surface area contributed by atoms with Gasteiger partial charge in [-0.25, -0.2) is 4.98 Å². The zero-order chi connectivity index (χ0) is 19.8. The van der Waals surface area contributed by atoms with Gasteiger partial charge in [-0.3, -0.25) is 19.3 Å². The zero-order valence-electron chi connectivity index (χ0n) is 15.1. The maximum Gasteiger partial charge on any atom is 0.249 e. The summed E-state index contributed by atoms with van der Waals surface area (Å²) in [6.07, 6.45) is 4.94. The summed E-state index contributed by atoms with van der Waals surface area (Å²) in [6, 6.07) is 6.43. The smallest absolute Gasteiger partial charge is 0.249 e. The fourth-order valence-corrected chi connectivity index (χ4v) is 4.60. The molecule has 1 fully saturated rings. The number of amides is 3. The molecule has 28 heavy (non-hydrogen) atoms. The average molecular weight is 416 g/mol. The number of benzene rings is 1. The van der Waals surface area contributed by atoms with Crippen LogP contribution in [0.15, 0.2) is 41.8 Å². The van der Waals surface area contributed by atoms with Crippen molar-refractivity contribution < 1.29 is 14.4 Å². The SMILES string of the molecule is C[C@@H](C(=O)Nc1nc(-c2ccccc2Cl)cs1)N1C(=O)[C@@H]2CC=CC[C@H]2C1=O. The summed E-state index contributed by atoms with van der Waals surface area (Å²) in [5.74, 6) is -1.66. The maximum absolute atomic E-state index is 12.7. The molecule has 2 aromatic rings. The number of carbonyl (C=O) groups is 3. The third kappa shape index (κ3) is 3.25. The van der Waals surface area contributed by atoms with Gasteiger partial charge in [-0.05, 0) is 25.8 Å². The minimum absolute atomic E-state index is 0.266. The number of anilines is 1. The monoisotopic (exact) mass is 415 g/mol. The Labute approximate surface area is 171 Å². The molecule has 0 radical (unpaired) electrons. The van der Waals surface area contributed by atoms with Crippen LogP contribution in [0.3, 0.4) is 0 Å². The van der Waals surface area contributed by atoms with E-state index in [1.807, 2.05) is 30.4 Å². The fourth-order valence-electron chi connectivity index (χ4n) is 3.66. The first-order chi connectivity index (χ1) is 13.5. The molecule has 3 amide bonds. The first-order valence-electron chi connectivity index (χ1n) is 9.00. The summed E-state index contributed by atoms with van der Waals surface area (Å²) in [5.41, 5.74) is 1.43. The number of aromatic nitrogens is 1. The Kier molecular flexibility index (Phi) is 5.03. The number of halogens is 1. The predicted molar refractivity (Wildman–Crippen MR) is 108 cm³/mol. The average Bonchev–Trinajstić information content (AvgIpc) is 3.25. The number of hydrogen-bond acceptors (Lipinski definition) is 5. The van der Waals surface area contributed by atoms with Crippen LogP contribution in [0.25, 0.3) is 11.3 Å². The minimum atomic E-state index is -0.890. The minimum Gasteiger partial charge on any atom is -0.300 e. The van der Waals surface area contributed by atoms with Gasteiger partial charge in [0, 0.05) is 16.0 Å². The van der Waals surface area contributed by atoms with E-state index in [1.165, 1.54) is 11.3 Å².